The first-order valence-corrected chi connectivity index (χ1v) is 6.15. The fourth-order valence-electron chi connectivity index (χ4n) is 0.980. The second-order valence-electron chi connectivity index (χ2n) is 2.95. The minimum atomic E-state index is -3.06. The molecule has 1 heterocycles. The van der Waals surface area contributed by atoms with Crippen LogP contribution in [0.2, 0.25) is 0 Å². The van der Waals surface area contributed by atoms with Gasteiger partial charge in [-0.25, -0.2) is 13.1 Å². The van der Waals surface area contributed by atoms with Gasteiger partial charge in [-0.2, -0.15) is 0 Å². The third-order valence-corrected chi connectivity index (χ3v) is 2.30. The molecule has 1 radical (unpaired) electrons. The number of rotatable bonds is 5. The number of nitrogens with one attached hydrogen (secondary N) is 1. The van der Waals surface area contributed by atoms with E-state index in [4.69, 9.17) is 0 Å². The molecule has 14 heavy (non-hydrogen) atoms. The molecule has 0 unspecified atom stereocenters. The third kappa shape index (κ3) is 4.94. The minimum absolute atomic E-state index is 0.424. The molecule has 0 fully saturated rings. The first-order valence-electron chi connectivity index (χ1n) is 4.26. The van der Waals surface area contributed by atoms with Crippen LogP contribution in [0.5, 0.6) is 0 Å². The first-order chi connectivity index (χ1) is 6.58. The maximum Gasteiger partial charge on any atom is 0.208 e. The summed E-state index contributed by atoms with van der Waals surface area (Å²) in [5.41, 5.74) is 1.00. The second kappa shape index (κ2) is 5.07. The highest BCUT2D eigenvalue weighted by Crippen LogP contribution is 2.01. The Balaban J connectivity index is 2.23. The maximum atomic E-state index is 10.7. The lowest BCUT2D eigenvalue weighted by Gasteiger charge is -2.01. The van der Waals surface area contributed by atoms with Gasteiger partial charge >= 0.3 is 0 Å². The molecule has 0 spiro atoms. The Morgan fingerprint density at radius 1 is 1.57 bits per heavy atom. The van der Waals surface area contributed by atoms with E-state index in [1.54, 1.807) is 12.4 Å². The number of hydrogen-bond acceptors (Lipinski definition) is 3. The largest absolute Gasteiger partial charge is 0.264 e. The van der Waals surface area contributed by atoms with Crippen LogP contribution in [0.1, 0.15) is 12.0 Å². The normalized spacial score (nSPS) is 11.5. The summed E-state index contributed by atoms with van der Waals surface area (Å²) < 4.78 is 23.8. The summed E-state index contributed by atoms with van der Waals surface area (Å²) in [6, 6.07) is 3.77. The fraction of sp³-hybridized carbons (Fsp3) is 0.333. The Hall–Kier alpha value is -0.940. The Labute approximate surface area is 84.4 Å². The van der Waals surface area contributed by atoms with E-state index in [-0.39, 0.29) is 0 Å². The van der Waals surface area contributed by atoms with Crippen LogP contribution in [0.15, 0.2) is 24.5 Å². The predicted molar refractivity (Wildman–Crippen MR) is 55.1 cm³/mol. The quantitative estimate of drug-likeness (QED) is 0.728. The van der Waals surface area contributed by atoms with Gasteiger partial charge in [0.25, 0.3) is 0 Å². The smallest absolute Gasteiger partial charge is 0.208 e. The fourth-order valence-corrected chi connectivity index (χ4v) is 1.47. The van der Waals surface area contributed by atoms with Crippen LogP contribution in [0, 0.1) is 6.42 Å². The molecule has 0 aliphatic carbocycles. The number of nitrogens with zero attached hydrogens (tertiary/aromatic N) is 1. The van der Waals surface area contributed by atoms with Crippen LogP contribution in [-0.4, -0.2) is 26.2 Å². The molecule has 77 valence electrons. The van der Waals surface area contributed by atoms with Crippen LogP contribution in [-0.2, 0) is 10.0 Å². The predicted octanol–water partition coefficient (Wildman–Crippen LogP) is 0.573. The molecule has 0 aromatic carbocycles. The lowest BCUT2D eigenvalue weighted by Crippen LogP contribution is -2.22. The van der Waals surface area contributed by atoms with Crippen molar-refractivity contribution in [1.29, 1.82) is 0 Å². The molecule has 0 bridgehead atoms. The molecule has 0 aliphatic heterocycles. The van der Waals surface area contributed by atoms with Crippen molar-refractivity contribution in [2.45, 2.75) is 6.42 Å². The summed E-state index contributed by atoms with van der Waals surface area (Å²) in [7, 11) is -3.06. The Kier molecular flexibility index (Phi) is 4.03. The van der Waals surface area contributed by atoms with Crippen molar-refractivity contribution in [3.8, 4) is 0 Å². The van der Waals surface area contributed by atoms with Crippen LogP contribution in [0.4, 0.5) is 0 Å². The van der Waals surface area contributed by atoms with Crippen LogP contribution >= 0.6 is 0 Å². The number of pyridine rings is 1. The van der Waals surface area contributed by atoms with Crippen LogP contribution in [0.25, 0.3) is 0 Å². The van der Waals surface area contributed by atoms with Crippen molar-refractivity contribution in [2.24, 2.45) is 0 Å². The van der Waals surface area contributed by atoms with Gasteiger partial charge in [0, 0.05) is 18.9 Å². The average Bonchev–Trinajstić information content (AvgIpc) is 2.13. The van der Waals surface area contributed by atoms with Crippen molar-refractivity contribution in [3.05, 3.63) is 36.5 Å². The van der Waals surface area contributed by atoms with Gasteiger partial charge in [0.1, 0.15) is 0 Å². The summed E-state index contributed by atoms with van der Waals surface area (Å²) >= 11 is 0. The lowest BCUT2D eigenvalue weighted by molar-refractivity contribution is 0.587. The van der Waals surface area contributed by atoms with E-state index in [1.165, 1.54) is 0 Å². The zero-order valence-corrected chi connectivity index (χ0v) is 8.79. The topological polar surface area (TPSA) is 59.1 Å². The molecular weight excluding hydrogens is 200 g/mol. The monoisotopic (exact) mass is 213 g/mol. The zero-order chi connectivity index (χ0) is 10.4. The van der Waals surface area contributed by atoms with E-state index in [1.807, 2.05) is 18.6 Å². The van der Waals surface area contributed by atoms with E-state index in [2.05, 4.69) is 9.71 Å². The summed E-state index contributed by atoms with van der Waals surface area (Å²) in [6.45, 7) is 0.424. The molecule has 0 saturated heterocycles. The van der Waals surface area contributed by atoms with Gasteiger partial charge in [-0.1, -0.05) is 6.07 Å². The van der Waals surface area contributed by atoms with E-state index >= 15 is 0 Å². The first kappa shape index (κ1) is 11.1. The Morgan fingerprint density at radius 3 is 2.93 bits per heavy atom. The van der Waals surface area contributed by atoms with E-state index in [0.717, 1.165) is 11.8 Å². The molecule has 0 atom stereocenters. The Bertz CT molecular complexity index is 362. The summed E-state index contributed by atoms with van der Waals surface area (Å²) in [4.78, 5) is 3.94. The standard InChI is InChI=1S/C9H13N2O2S/c1-14(12,13)11-7-3-5-9-4-2-6-10-8-9/h2,4-6,8,11H,3,7H2,1H3. The van der Waals surface area contributed by atoms with Gasteiger partial charge in [-0.15, -0.1) is 0 Å². The molecular formula is C9H13N2O2S. The van der Waals surface area contributed by atoms with E-state index < -0.39 is 10.0 Å². The molecule has 1 rings (SSSR count). The Morgan fingerprint density at radius 2 is 2.36 bits per heavy atom. The summed E-state index contributed by atoms with van der Waals surface area (Å²) in [6.07, 6.45) is 7.19. The molecule has 4 nitrogen and oxygen atoms in total. The molecule has 0 aliphatic rings. The van der Waals surface area contributed by atoms with Crippen molar-refractivity contribution in [2.75, 3.05) is 12.8 Å². The second-order valence-corrected chi connectivity index (χ2v) is 4.78. The number of hydrogen-bond donors (Lipinski definition) is 1. The van der Waals surface area contributed by atoms with Crippen molar-refractivity contribution >= 4 is 10.0 Å². The summed E-state index contributed by atoms with van der Waals surface area (Å²) in [5.74, 6) is 0. The lowest BCUT2D eigenvalue weighted by atomic mass is 10.2. The highest BCUT2D eigenvalue weighted by atomic mass is 32.2. The van der Waals surface area contributed by atoms with Crippen LogP contribution < -0.4 is 4.72 Å². The molecule has 0 saturated carbocycles. The van der Waals surface area contributed by atoms with Crippen molar-refractivity contribution in [1.82, 2.24) is 9.71 Å². The van der Waals surface area contributed by atoms with E-state index in [9.17, 15) is 8.42 Å². The maximum absolute atomic E-state index is 10.7. The highest BCUT2D eigenvalue weighted by Gasteiger charge is 1.99. The number of aromatic nitrogens is 1. The van der Waals surface area contributed by atoms with Gasteiger partial charge < -0.3 is 0 Å². The molecule has 1 aromatic rings. The zero-order valence-electron chi connectivity index (χ0n) is 7.97. The molecule has 1 N–H and O–H groups in total. The average molecular weight is 213 g/mol. The highest BCUT2D eigenvalue weighted by molar-refractivity contribution is 7.88. The van der Waals surface area contributed by atoms with Crippen molar-refractivity contribution in [3.63, 3.8) is 0 Å². The van der Waals surface area contributed by atoms with Crippen molar-refractivity contribution < 1.29 is 8.42 Å². The molecule has 1 aromatic heterocycles. The molecule has 0 amide bonds. The van der Waals surface area contributed by atoms with Gasteiger partial charge in [0.15, 0.2) is 0 Å². The van der Waals surface area contributed by atoms with Crippen LogP contribution in [0.3, 0.4) is 0 Å². The minimum Gasteiger partial charge on any atom is -0.264 e. The summed E-state index contributed by atoms with van der Waals surface area (Å²) in [5, 5.41) is 0. The van der Waals surface area contributed by atoms with Gasteiger partial charge in [0.2, 0.25) is 10.0 Å². The van der Waals surface area contributed by atoms with Gasteiger partial charge in [-0.3, -0.25) is 4.98 Å². The number of sulfonamides is 1. The van der Waals surface area contributed by atoms with Gasteiger partial charge in [0.05, 0.1) is 6.26 Å². The van der Waals surface area contributed by atoms with Gasteiger partial charge in [-0.05, 0) is 24.5 Å². The molecule has 5 heteroatoms. The van der Waals surface area contributed by atoms with E-state index in [0.29, 0.717) is 13.0 Å². The third-order valence-electron chi connectivity index (χ3n) is 1.57. The SMILES string of the molecule is CS(=O)(=O)NCC[CH]c1cccnc1.